The lowest BCUT2D eigenvalue weighted by molar-refractivity contribution is -0.137. The molecule has 9 nitrogen and oxygen atoms in total. The van der Waals surface area contributed by atoms with E-state index in [0.29, 0.717) is 39.0 Å². The second-order valence-corrected chi connectivity index (χ2v) is 8.97. The zero-order chi connectivity index (χ0) is 29.2. The zero-order valence-electron chi connectivity index (χ0n) is 22.0. The fraction of sp³-hybridized carbons (Fsp3) is 0.250. The highest BCUT2D eigenvalue weighted by Gasteiger charge is 2.41. The van der Waals surface area contributed by atoms with Crippen molar-refractivity contribution in [1.29, 1.82) is 5.26 Å². The number of fused-ring (bicyclic) bond motifs is 1. The molecule has 1 unspecified atom stereocenters. The van der Waals surface area contributed by atoms with E-state index >= 15 is 0 Å². The van der Waals surface area contributed by atoms with E-state index in [2.05, 4.69) is 26.3 Å². The van der Waals surface area contributed by atoms with Gasteiger partial charge in [-0.2, -0.15) is 18.4 Å². The lowest BCUT2D eigenvalue weighted by atomic mass is 9.80. The number of methoxy groups -OCH3 is 1. The number of aliphatic hydroxyl groups is 1. The predicted octanol–water partition coefficient (Wildman–Crippen LogP) is 5.67. The van der Waals surface area contributed by atoms with Crippen molar-refractivity contribution in [1.82, 2.24) is 10.1 Å². The van der Waals surface area contributed by atoms with E-state index in [0.717, 1.165) is 18.3 Å². The molecule has 4 rings (SSSR count). The Morgan fingerprint density at radius 1 is 1.18 bits per heavy atom. The molecule has 2 aromatic carbocycles. The van der Waals surface area contributed by atoms with Crippen molar-refractivity contribution in [2.24, 2.45) is 10.1 Å². The molecule has 0 spiro atoms. The molecule has 0 saturated carbocycles. The second kappa shape index (κ2) is 10.8. The molecule has 40 heavy (non-hydrogen) atoms. The first-order valence-corrected chi connectivity index (χ1v) is 11.9. The summed E-state index contributed by atoms with van der Waals surface area (Å²) in [5.74, 6) is 7.81. The van der Waals surface area contributed by atoms with E-state index in [-0.39, 0.29) is 29.1 Å². The molecular weight excluding hydrogens is 525 g/mol. The number of alkyl halides is 3. The number of aromatic nitrogens is 2. The lowest BCUT2D eigenvalue weighted by Crippen LogP contribution is -2.39. The van der Waals surface area contributed by atoms with Crippen molar-refractivity contribution in [3.8, 4) is 11.9 Å². The van der Waals surface area contributed by atoms with Gasteiger partial charge in [0.25, 0.3) is 0 Å². The van der Waals surface area contributed by atoms with E-state index in [1.54, 1.807) is 32.0 Å². The molecule has 2 heterocycles. The summed E-state index contributed by atoms with van der Waals surface area (Å²) < 4.78 is 49.9. The van der Waals surface area contributed by atoms with E-state index < -0.39 is 17.3 Å². The van der Waals surface area contributed by atoms with Crippen LogP contribution < -0.4 is 4.74 Å². The monoisotopic (exact) mass is 549 g/mol. The van der Waals surface area contributed by atoms with Crippen molar-refractivity contribution >= 4 is 22.8 Å². The predicted molar refractivity (Wildman–Crippen MR) is 142 cm³/mol. The minimum Gasteiger partial charge on any atom is -0.616 e. The number of nitrogens with one attached hydrogen (secondary N) is 1. The summed E-state index contributed by atoms with van der Waals surface area (Å²) in [6.07, 6.45) is -3.31. The van der Waals surface area contributed by atoms with E-state index in [9.17, 15) is 23.5 Å². The number of rotatable bonds is 7. The van der Waals surface area contributed by atoms with E-state index in [1.165, 1.54) is 26.3 Å². The maximum absolute atomic E-state index is 13.0. The molecule has 0 fully saturated rings. The van der Waals surface area contributed by atoms with Crippen molar-refractivity contribution < 1.29 is 27.5 Å². The minimum absolute atomic E-state index is 0.0289. The van der Waals surface area contributed by atoms with Gasteiger partial charge >= 0.3 is 6.18 Å². The quantitative estimate of drug-likeness (QED) is 0.232. The van der Waals surface area contributed by atoms with Gasteiger partial charge in [0.2, 0.25) is 5.88 Å². The van der Waals surface area contributed by atoms with Gasteiger partial charge in [-0.05, 0) is 49.2 Å². The average Bonchev–Trinajstić information content (AvgIpc) is 3.28. The van der Waals surface area contributed by atoms with Gasteiger partial charge in [0.1, 0.15) is 11.8 Å². The highest BCUT2D eigenvalue weighted by molar-refractivity contribution is 6.35. The van der Waals surface area contributed by atoms with Crippen LogP contribution >= 0.6 is 0 Å². The highest BCUT2D eigenvalue weighted by Crippen LogP contribution is 2.39. The van der Waals surface area contributed by atoms with Crippen LogP contribution in [0.3, 0.4) is 0 Å². The van der Waals surface area contributed by atoms with Crippen molar-refractivity contribution in [2.45, 2.75) is 32.0 Å². The Morgan fingerprint density at radius 2 is 1.85 bits per heavy atom. The number of halogens is 3. The maximum Gasteiger partial charge on any atom is 0.416 e. The molecule has 4 aromatic rings. The van der Waals surface area contributed by atoms with Crippen LogP contribution in [0, 0.1) is 25.2 Å². The molecule has 0 aliphatic carbocycles. The van der Waals surface area contributed by atoms with Crippen LogP contribution in [0.4, 0.5) is 13.2 Å². The Labute approximate surface area is 227 Å². The molecule has 0 saturated heterocycles. The number of nitrogens with zero attached hydrogens (tertiary/aromatic N) is 5. The fourth-order valence-electron chi connectivity index (χ4n) is 4.78. The van der Waals surface area contributed by atoms with Crippen LogP contribution in [0.25, 0.3) is 16.7 Å². The van der Waals surface area contributed by atoms with Gasteiger partial charge in [-0.15, -0.1) is 0 Å². The number of nitriles is 1. The molecule has 0 radical (unpaired) electrons. The topological polar surface area (TPSA) is 141 Å². The van der Waals surface area contributed by atoms with Gasteiger partial charge in [-0.25, -0.2) is 4.98 Å². The Balaban J connectivity index is 1.95. The number of pyridine rings is 1. The maximum atomic E-state index is 13.0. The van der Waals surface area contributed by atoms with E-state index in [4.69, 9.17) is 15.1 Å². The molecule has 0 amide bonds. The molecule has 206 valence electrons. The molecule has 2 N–H and O–H groups in total. The number of ether oxygens (including phenoxy) is 1. The van der Waals surface area contributed by atoms with Crippen LogP contribution in [-0.4, -0.2) is 41.3 Å². The first-order valence-electron chi connectivity index (χ1n) is 11.9. The molecule has 0 aliphatic rings. The third kappa shape index (κ3) is 4.87. The SMILES string of the molecule is CN=C(C=N[NH-])C(O)(c1ccc2nc(OC)c(Cc3ccc(C(F)(F)F)cc3)c(C#N)c2c1)c1c(C)noc1C. The summed E-state index contributed by atoms with van der Waals surface area (Å²) in [7, 11) is 2.83. The summed E-state index contributed by atoms with van der Waals surface area (Å²) >= 11 is 0. The highest BCUT2D eigenvalue weighted by atomic mass is 19.4. The van der Waals surface area contributed by atoms with Crippen molar-refractivity contribution in [3.05, 3.63) is 93.1 Å². The van der Waals surface area contributed by atoms with Crippen LogP contribution in [-0.2, 0) is 18.2 Å². The van der Waals surface area contributed by atoms with Crippen molar-refractivity contribution in [2.75, 3.05) is 14.2 Å². The summed E-state index contributed by atoms with van der Waals surface area (Å²) in [6.45, 7) is 3.28. The van der Waals surface area contributed by atoms with Crippen LogP contribution in [0.5, 0.6) is 5.88 Å². The normalized spacial score (nSPS) is 13.9. The largest absolute Gasteiger partial charge is 0.616 e. The molecule has 0 bridgehead atoms. The summed E-state index contributed by atoms with van der Waals surface area (Å²) in [4.78, 5) is 8.68. The van der Waals surface area contributed by atoms with Gasteiger partial charge in [0.05, 0.1) is 40.7 Å². The number of aryl methyl sites for hydroxylation is 2. The van der Waals surface area contributed by atoms with Crippen LogP contribution in [0.2, 0.25) is 0 Å². The van der Waals surface area contributed by atoms with Crippen molar-refractivity contribution in [3.63, 3.8) is 0 Å². The molecule has 0 aliphatic heterocycles. The standard InChI is InChI=1S/C28H24F3N6O3/c1-15-25(16(2)40-37-15)27(38,24(34-3)14-35-33)19-9-10-23-20(12-19)22(13-32)21(26(36-23)39-4)11-17-5-7-18(8-6-17)28(29,30)31/h5-10,12,14,33,38H,11H2,1-4H3/q-1. The first kappa shape index (κ1) is 28.3. The lowest BCUT2D eigenvalue weighted by Gasteiger charge is -2.29. The van der Waals surface area contributed by atoms with Gasteiger partial charge in [-0.1, -0.05) is 23.4 Å². The average molecular weight is 550 g/mol. The number of hydrogen-bond donors (Lipinski definition) is 1. The Bertz CT molecular complexity index is 1650. The van der Waals surface area contributed by atoms with Gasteiger partial charge in [0, 0.05) is 30.6 Å². The Morgan fingerprint density at radius 3 is 2.38 bits per heavy atom. The zero-order valence-corrected chi connectivity index (χ0v) is 22.0. The summed E-state index contributed by atoms with van der Waals surface area (Å²) in [5.41, 5.74) is -0.303. The Hall–Kier alpha value is -4.76. The first-order chi connectivity index (χ1) is 19.0. The smallest absolute Gasteiger partial charge is 0.416 e. The van der Waals surface area contributed by atoms with Crippen LogP contribution in [0.15, 0.2) is 57.1 Å². The number of benzene rings is 2. The van der Waals surface area contributed by atoms with Crippen LogP contribution in [0.1, 0.15) is 44.8 Å². The third-order valence-corrected chi connectivity index (χ3v) is 6.63. The molecular formula is C28H24F3N6O3-. The Kier molecular flexibility index (Phi) is 7.61. The van der Waals surface area contributed by atoms with Gasteiger partial charge in [-0.3, -0.25) is 4.99 Å². The molecule has 2 aromatic heterocycles. The molecule has 1 atom stereocenters. The summed E-state index contributed by atoms with van der Waals surface area (Å²) in [5, 5.41) is 30.0. The minimum atomic E-state index is -4.47. The number of hydrogen-bond acceptors (Lipinski definition) is 8. The van der Waals surface area contributed by atoms with Gasteiger partial charge in [0.15, 0.2) is 5.60 Å². The molecule has 12 heteroatoms. The van der Waals surface area contributed by atoms with Gasteiger partial charge < -0.3 is 25.3 Å². The summed E-state index contributed by atoms with van der Waals surface area (Å²) in [6, 6.07) is 11.6. The number of aliphatic imine (C=N–C) groups is 1. The third-order valence-electron chi connectivity index (χ3n) is 6.63. The van der Waals surface area contributed by atoms with E-state index in [1.807, 2.05) is 0 Å². The fourth-order valence-corrected chi connectivity index (χ4v) is 4.78. The second-order valence-electron chi connectivity index (χ2n) is 8.97.